The molecule has 0 aliphatic carbocycles. The molecule has 0 fully saturated rings. The van der Waals surface area contributed by atoms with Gasteiger partial charge in [-0.3, -0.25) is 4.79 Å². The molecule has 6 nitrogen and oxygen atoms in total. The molecule has 0 saturated heterocycles. The number of hydrogen-bond acceptors (Lipinski definition) is 4. The number of benzene rings is 1. The van der Waals surface area contributed by atoms with Crippen molar-refractivity contribution in [2.24, 2.45) is 5.73 Å². The number of allylic oxidation sites excluding steroid dienone is 1. The molecule has 162 valence electrons. The molecule has 0 spiro atoms. The van der Waals surface area contributed by atoms with Crippen molar-refractivity contribution in [1.82, 2.24) is 14.9 Å². The number of halogens is 1. The van der Waals surface area contributed by atoms with Crippen LogP contribution in [0.25, 0.3) is 11.9 Å². The highest BCUT2D eigenvalue weighted by molar-refractivity contribution is 7.28. The third kappa shape index (κ3) is 4.55. The molecule has 0 aliphatic rings. The molecule has 1 aromatic carbocycles. The highest BCUT2D eigenvalue weighted by atomic mass is 35.5. The van der Waals surface area contributed by atoms with Crippen molar-refractivity contribution in [2.75, 3.05) is 7.05 Å². The van der Waals surface area contributed by atoms with E-state index >= 15 is 0 Å². The third-order valence-corrected chi connectivity index (χ3v) is 5.77. The number of carbonyl (C=O) groups excluding carboxylic acids is 1. The van der Waals surface area contributed by atoms with Crippen LogP contribution in [-0.4, -0.2) is 28.6 Å². The van der Waals surface area contributed by atoms with Crippen molar-refractivity contribution in [3.05, 3.63) is 52.1 Å². The van der Waals surface area contributed by atoms with Gasteiger partial charge in [0.25, 0.3) is 5.91 Å². The maximum absolute atomic E-state index is 12.7. The first-order valence-electron chi connectivity index (χ1n) is 9.71. The lowest BCUT2D eigenvalue weighted by Gasteiger charge is -2.23. The minimum absolute atomic E-state index is 0.138. The van der Waals surface area contributed by atoms with Crippen LogP contribution in [0.3, 0.4) is 0 Å². The lowest BCUT2D eigenvalue weighted by atomic mass is 9.95. The fraction of sp³-hybridized carbons (Fsp3) is 0.364. The van der Waals surface area contributed by atoms with Gasteiger partial charge in [-0.05, 0) is 33.8 Å². The minimum Gasteiger partial charge on any atom is -0.490 e. The number of ether oxygens (including phenoxy) is 1. The summed E-state index contributed by atoms with van der Waals surface area (Å²) in [6.07, 6.45) is 3.67. The van der Waals surface area contributed by atoms with Gasteiger partial charge in [0.1, 0.15) is 11.6 Å². The molecule has 2 aromatic rings. The van der Waals surface area contributed by atoms with Crippen LogP contribution in [0.4, 0.5) is 0 Å². The second-order valence-electron chi connectivity index (χ2n) is 7.31. The number of aryl methyl sites for hydroxylation is 1. The molecular formula is C22H30ClN4O2P. The Kier molecular flexibility index (Phi) is 7.73. The molecule has 2 rings (SSSR count). The molecule has 1 heterocycles. The van der Waals surface area contributed by atoms with Crippen LogP contribution in [0, 0.1) is 6.92 Å². The van der Waals surface area contributed by atoms with E-state index in [0.29, 0.717) is 27.3 Å². The summed E-state index contributed by atoms with van der Waals surface area (Å²) >= 11 is 6.52. The summed E-state index contributed by atoms with van der Waals surface area (Å²) in [5, 5.41) is 3.73. The smallest absolute Gasteiger partial charge is 0.255 e. The first-order chi connectivity index (χ1) is 14.0. The van der Waals surface area contributed by atoms with E-state index in [-0.39, 0.29) is 17.9 Å². The Balaban J connectivity index is 2.84. The number of aromatic nitrogens is 2. The van der Waals surface area contributed by atoms with Crippen LogP contribution in [0.2, 0.25) is 5.02 Å². The Morgan fingerprint density at radius 3 is 2.57 bits per heavy atom. The fourth-order valence-electron chi connectivity index (χ4n) is 3.40. The molecule has 2 unspecified atom stereocenters. The number of imidazole rings is 1. The van der Waals surface area contributed by atoms with Crippen molar-refractivity contribution in [1.29, 1.82) is 0 Å². The lowest BCUT2D eigenvalue weighted by molar-refractivity contribution is 0.0958. The Labute approximate surface area is 185 Å². The zero-order valence-corrected chi connectivity index (χ0v) is 20.2. The van der Waals surface area contributed by atoms with Gasteiger partial charge < -0.3 is 20.4 Å². The van der Waals surface area contributed by atoms with Gasteiger partial charge in [0.2, 0.25) is 0 Å². The molecule has 8 heteroatoms. The van der Waals surface area contributed by atoms with Crippen molar-refractivity contribution in [2.45, 2.75) is 46.6 Å². The number of carbonyl (C=O) groups is 1. The third-order valence-electron chi connectivity index (χ3n) is 4.67. The standard InChI is InChI=1S/C22H30ClN4O2P/c1-8-9-27-18(13(5)24)14(6)26-21(27)12(4)15-10-16(23)20(30)17(22(28)25-7)19(15)29-11(2)3/h8-12H,5,24,30H2,1-4,6-7H3,(H,25,28)/b9-8-. The number of nitrogens with zero attached hydrogens (tertiary/aromatic N) is 2. The minimum atomic E-state index is -0.268. The second-order valence-corrected chi connectivity index (χ2v) is 8.30. The van der Waals surface area contributed by atoms with Crippen LogP contribution in [0.15, 0.2) is 18.7 Å². The number of rotatable bonds is 7. The monoisotopic (exact) mass is 448 g/mol. The van der Waals surface area contributed by atoms with Gasteiger partial charge in [-0.25, -0.2) is 4.98 Å². The van der Waals surface area contributed by atoms with Crippen LogP contribution >= 0.6 is 20.8 Å². The van der Waals surface area contributed by atoms with Gasteiger partial charge in [-0.1, -0.05) is 31.2 Å². The van der Waals surface area contributed by atoms with Crippen molar-refractivity contribution in [3.63, 3.8) is 0 Å². The molecule has 0 saturated carbocycles. The van der Waals surface area contributed by atoms with Gasteiger partial charge in [0, 0.05) is 35.1 Å². The van der Waals surface area contributed by atoms with Crippen LogP contribution in [0.5, 0.6) is 5.75 Å². The Morgan fingerprint density at radius 1 is 1.43 bits per heavy atom. The molecule has 0 aliphatic heterocycles. The second kappa shape index (κ2) is 9.67. The lowest BCUT2D eigenvalue weighted by Crippen LogP contribution is -2.26. The van der Waals surface area contributed by atoms with Crippen molar-refractivity contribution < 1.29 is 9.53 Å². The van der Waals surface area contributed by atoms with Gasteiger partial charge in [0.05, 0.1) is 28.8 Å². The van der Waals surface area contributed by atoms with E-state index in [2.05, 4.69) is 21.1 Å². The Hall–Kier alpha value is -2.30. The van der Waals surface area contributed by atoms with E-state index < -0.39 is 0 Å². The molecule has 1 aromatic heterocycles. The summed E-state index contributed by atoms with van der Waals surface area (Å²) in [5.74, 6) is 0.729. The van der Waals surface area contributed by atoms with Crippen LogP contribution < -0.4 is 21.1 Å². The zero-order chi connectivity index (χ0) is 22.7. The van der Waals surface area contributed by atoms with E-state index in [0.717, 1.165) is 22.8 Å². The summed E-state index contributed by atoms with van der Waals surface area (Å²) in [7, 11) is 4.12. The van der Waals surface area contributed by atoms with Gasteiger partial charge in [0.15, 0.2) is 0 Å². The molecule has 30 heavy (non-hydrogen) atoms. The van der Waals surface area contributed by atoms with Crippen molar-refractivity contribution >= 4 is 43.9 Å². The van der Waals surface area contributed by atoms with Crippen molar-refractivity contribution in [3.8, 4) is 5.75 Å². The van der Waals surface area contributed by atoms with E-state index in [9.17, 15) is 4.79 Å². The van der Waals surface area contributed by atoms with E-state index in [1.807, 2.05) is 57.5 Å². The topological polar surface area (TPSA) is 82.2 Å². The van der Waals surface area contributed by atoms with E-state index in [1.54, 1.807) is 7.05 Å². The quantitative estimate of drug-likeness (QED) is 0.626. The van der Waals surface area contributed by atoms with Crippen LogP contribution in [0.1, 0.15) is 66.7 Å². The largest absolute Gasteiger partial charge is 0.490 e. The molecule has 3 N–H and O–H groups in total. The summed E-state index contributed by atoms with van der Waals surface area (Å²) in [5.41, 5.74) is 9.15. The van der Waals surface area contributed by atoms with Gasteiger partial charge >= 0.3 is 0 Å². The normalized spacial score (nSPS) is 12.4. The maximum atomic E-state index is 12.7. The van der Waals surface area contributed by atoms with E-state index in [4.69, 9.17) is 27.1 Å². The SMILES string of the molecule is C=C(N)c1c(C)nc(C(C)c2cc(Cl)c(P)c(C(=O)NC)c2OC(C)C)n1/C=C\C. The van der Waals surface area contributed by atoms with Gasteiger partial charge in [-0.2, -0.15) is 0 Å². The number of nitrogens with two attached hydrogens (primary N) is 1. The first-order valence-corrected chi connectivity index (χ1v) is 10.7. The molecule has 1 amide bonds. The highest BCUT2D eigenvalue weighted by Crippen LogP contribution is 2.38. The summed E-state index contributed by atoms with van der Waals surface area (Å²) in [6.45, 7) is 13.5. The summed E-state index contributed by atoms with van der Waals surface area (Å²) in [6, 6.07) is 1.83. The summed E-state index contributed by atoms with van der Waals surface area (Å²) < 4.78 is 8.05. The Morgan fingerprint density at radius 2 is 2.07 bits per heavy atom. The predicted octanol–water partition coefficient (Wildman–Crippen LogP) is 4.06. The number of amides is 1. The molecule has 0 bridgehead atoms. The first kappa shape index (κ1) is 24.0. The maximum Gasteiger partial charge on any atom is 0.255 e. The molecule has 2 atom stereocenters. The number of nitrogens with one attached hydrogen (secondary N) is 1. The molecule has 0 radical (unpaired) electrons. The Bertz CT molecular complexity index is 1010. The van der Waals surface area contributed by atoms with Gasteiger partial charge in [-0.15, -0.1) is 9.24 Å². The average molecular weight is 449 g/mol. The molecular weight excluding hydrogens is 419 g/mol. The fourth-order valence-corrected chi connectivity index (χ4v) is 3.96. The zero-order valence-electron chi connectivity index (χ0n) is 18.3. The van der Waals surface area contributed by atoms with E-state index in [1.165, 1.54) is 0 Å². The highest BCUT2D eigenvalue weighted by Gasteiger charge is 2.28. The number of hydrogen-bond donors (Lipinski definition) is 2. The predicted molar refractivity (Wildman–Crippen MR) is 129 cm³/mol. The average Bonchev–Trinajstić information content (AvgIpc) is 2.99. The van der Waals surface area contributed by atoms with Crippen LogP contribution in [-0.2, 0) is 0 Å². The summed E-state index contributed by atoms with van der Waals surface area (Å²) in [4.78, 5) is 17.5.